The monoisotopic (exact) mass is 361 g/mol. The van der Waals surface area contributed by atoms with Crippen molar-refractivity contribution in [1.29, 1.82) is 0 Å². The zero-order valence-corrected chi connectivity index (χ0v) is 14.7. The summed E-state index contributed by atoms with van der Waals surface area (Å²) in [6, 6.07) is 6.52. The van der Waals surface area contributed by atoms with Gasteiger partial charge in [0, 0.05) is 5.69 Å². The predicted molar refractivity (Wildman–Crippen MR) is 95.2 cm³/mol. The van der Waals surface area contributed by atoms with E-state index < -0.39 is 5.97 Å². The Morgan fingerprint density at radius 2 is 1.96 bits per heavy atom. The first-order valence-electron chi connectivity index (χ1n) is 7.72. The summed E-state index contributed by atoms with van der Waals surface area (Å²) in [6.45, 7) is 3.95. The van der Waals surface area contributed by atoms with Crippen LogP contribution >= 0.6 is 11.8 Å². The third-order valence-electron chi connectivity index (χ3n) is 3.14. The second-order valence-electron chi connectivity index (χ2n) is 4.93. The first-order valence-corrected chi connectivity index (χ1v) is 8.60. The SMILES string of the molecule is CCOC(=O)c1ccc(NC(=O)C(CC)Sc2ncnc(N)n2)cc1. The lowest BCUT2D eigenvalue weighted by atomic mass is 10.2. The minimum absolute atomic E-state index is 0.113. The van der Waals surface area contributed by atoms with Crippen molar-refractivity contribution in [2.45, 2.75) is 30.7 Å². The number of benzene rings is 1. The smallest absolute Gasteiger partial charge is 0.338 e. The van der Waals surface area contributed by atoms with Crippen LogP contribution in [0.2, 0.25) is 0 Å². The van der Waals surface area contributed by atoms with Gasteiger partial charge in [0.15, 0.2) is 5.16 Å². The van der Waals surface area contributed by atoms with Gasteiger partial charge < -0.3 is 15.8 Å². The minimum Gasteiger partial charge on any atom is -0.462 e. The van der Waals surface area contributed by atoms with E-state index in [1.807, 2.05) is 6.92 Å². The van der Waals surface area contributed by atoms with E-state index in [-0.39, 0.29) is 17.1 Å². The fourth-order valence-electron chi connectivity index (χ4n) is 1.93. The molecule has 0 fully saturated rings. The molecule has 0 aliphatic heterocycles. The molecule has 1 unspecified atom stereocenters. The Labute approximate surface area is 149 Å². The summed E-state index contributed by atoms with van der Waals surface area (Å²) in [5.74, 6) is -0.465. The van der Waals surface area contributed by atoms with Crippen molar-refractivity contribution in [3.63, 3.8) is 0 Å². The molecule has 2 aromatic rings. The van der Waals surface area contributed by atoms with Crippen LogP contribution in [0.4, 0.5) is 11.6 Å². The molecule has 9 heteroatoms. The predicted octanol–water partition coefficient (Wildman–Crippen LogP) is 2.14. The Hall–Kier alpha value is -2.68. The Kier molecular flexibility index (Phi) is 6.70. The summed E-state index contributed by atoms with van der Waals surface area (Å²) in [6.07, 6.45) is 1.90. The molecule has 0 aliphatic carbocycles. The van der Waals surface area contributed by atoms with Crippen molar-refractivity contribution in [3.8, 4) is 0 Å². The zero-order valence-electron chi connectivity index (χ0n) is 13.9. The number of esters is 1. The van der Waals surface area contributed by atoms with Crippen molar-refractivity contribution >= 4 is 35.3 Å². The second kappa shape index (κ2) is 8.97. The molecule has 1 aromatic heterocycles. The molecule has 1 aromatic carbocycles. The maximum Gasteiger partial charge on any atom is 0.338 e. The Balaban J connectivity index is 2.00. The van der Waals surface area contributed by atoms with Crippen molar-refractivity contribution in [3.05, 3.63) is 36.2 Å². The van der Waals surface area contributed by atoms with Gasteiger partial charge in [-0.05, 0) is 37.6 Å². The van der Waals surface area contributed by atoms with Gasteiger partial charge in [-0.15, -0.1) is 0 Å². The number of aromatic nitrogens is 3. The number of hydrogen-bond donors (Lipinski definition) is 2. The van der Waals surface area contributed by atoms with Gasteiger partial charge in [-0.1, -0.05) is 18.7 Å². The van der Waals surface area contributed by atoms with Crippen LogP contribution in [0, 0.1) is 0 Å². The Bertz CT molecular complexity index is 739. The quantitative estimate of drug-likeness (QED) is 0.568. The van der Waals surface area contributed by atoms with E-state index in [0.717, 1.165) is 0 Å². The molecule has 0 saturated heterocycles. The van der Waals surface area contributed by atoms with Gasteiger partial charge in [-0.3, -0.25) is 4.79 Å². The summed E-state index contributed by atoms with van der Waals surface area (Å²) in [5.41, 5.74) is 6.54. The molecule has 0 spiro atoms. The molecule has 1 amide bonds. The fraction of sp³-hybridized carbons (Fsp3) is 0.312. The summed E-state index contributed by atoms with van der Waals surface area (Å²) in [5, 5.41) is 2.82. The van der Waals surface area contributed by atoms with E-state index in [0.29, 0.717) is 29.4 Å². The number of carbonyl (C=O) groups is 2. The normalized spacial score (nSPS) is 11.6. The average molecular weight is 361 g/mol. The molecule has 1 atom stereocenters. The highest BCUT2D eigenvalue weighted by atomic mass is 32.2. The van der Waals surface area contributed by atoms with Crippen LogP contribution in [0.1, 0.15) is 30.6 Å². The zero-order chi connectivity index (χ0) is 18.2. The van der Waals surface area contributed by atoms with Crippen LogP contribution in [0.15, 0.2) is 35.7 Å². The first-order chi connectivity index (χ1) is 12.0. The Morgan fingerprint density at radius 3 is 2.56 bits per heavy atom. The van der Waals surface area contributed by atoms with E-state index in [2.05, 4.69) is 20.3 Å². The average Bonchev–Trinajstić information content (AvgIpc) is 2.60. The van der Waals surface area contributed by atoms with Crippen molar-refractivity contribution in [2.24, 2.45) is 0 Å². The highest BCUT2D eigenvalue weighted by molar-refractivity contribution is 8.00. The van der Waals surface area contributed by atoms with Crippen molar-refractivity contribution in [2.75, 3.05) is 17.7 Å². The topological polar surface area (TPSA) is 120 Å². The number of hydrogen-bond acceptors (Lipinski definition) is 8. The summed E-state index contributed by atoms with van der Waals surface area (Å²) >= 11 is 1.22. The van der Waals surface area contributed by atoms with Gasteiger partial charge >= 0.3 is 5.97 Å². The molecular formula is C16H19N5O3S. The first kappa shape index (κ1) is 18.7. The number of rotatable bonds is 7. The molecule has 25 heavy (non-hydrogen) atoms. The van der Waals surface area contributed by atoms with Gasteiger partial charge in [0.1, 0.15) is 6.33 Å². The summed E-state index contributed by atoms with van der Waals surface area (Å²) < 4.78 is 4.92. The molecule has 2 rings (SSSR count). The van der Waals surface area contributed by atoms with E-state index >= 15 is 0 Å². The lowest BCUT2D eigenvalue weighted by Gasteiger charge is -2.14. The molecule has 0 bridgehead atoms. The fourth-order valence-corrected chi connectivity index (χ4v) is 2.77. The van der Waals surface area contributed by atoms with Gasteiger partial charge in [-0.25, -0.2) is 14.8 Å². The van der Waals surface area contributed by atoms with Gasteiger partial charge in [0.2, 0.25) is 11.9 Å². The molecule has 132 valence electrons. The number of nitrogens with one attached hydrogen (secondary N) is 1. The number of thioether (sulfide) groups is 1. The largest absolute Gasteiger partial charge is 0.462 e. The van der Waals surface area contributed by atoms with Crippen molar-refractivity contribution < 1.29 is 14.3 Å². The van der Waals surface area contributed by atoms with Gasteiger partial charge in [-0.2, -0.15) is 4.98 Å². The number of nitrogens with two attached hydrogens (primary N) is 1. The van der Waals surface area contributed by atoms with E-state index in [1.54, 1.807) is 31.2 Å². The summed E-state index contributed by atoms with van der Waals surface area (Å²) in [7, 11) is 0. The van der Waals surface area contributed by atoms with Crippen molar-refractivity contribution in [1.82, 2.24) is 15.0 Å². The highest BCUT2D eigenvalue weighted by Gasteiger charge is 2.20. The highest BCUT2D eigenvalue weighted by Crippen LogP contribution is 2.23. The molecular weight excluding hydrogens is 342 g/mol. The molecule has 8 nitrogen and oxygen atoms in total. The minimum atomic E-state index is -0.394. The number of nitrogen functional groups attached to an aromatic ring is 1. The molecule has 0 aliphatic rings. The Morgan fingerprint density at radius 1 is 1.24 bits per heavy atom. The van der Waals surface area contributed by atoms with Crippen LogP contribution in [-0.4, -0.2) is 38.7 Å². The molecule has 0 radical (unpaired) electrons. The maximum atomic E-state index is 12.4. The van der Waals surface area contributed by atoms with E-state index in [1.165, 1.54) is 18.1 Å². The second-order valence-corrected chi connectivity index (χ2v) is 6.10. The van der Waals surface area contributed by atoms with Crippen LogP contribution in [0.3, 0.4) is 0 Å². The van der Waals surface area contributed by atoms with Gasteiger partial charge in [0.25, 0.3) is 0 Å². The van der Waals surface area contributed by atoms with Crippen LogP contribution in [0.25, 0.3) is 0 Å². The summed E-state index contributed by atoms with van der Waals surface area (Å²) in [4.78, 5) is 35.8. The van der Waals surface area contributed by atoms with Crippen LogP contribution < -0.4 is 11.1 Å². The number of nitrogens with zero attached hydrogens (tertiary/aromatic N) is 3. The molecule has 0 saturated carbocycles. The standard InChI is InChI=1S/C16H19N5O3S/c1-3-12(25-16-19-9-18-15(17)21-16)13(22)20-11-7-5-10(6-8-11)14(23)24-4-2/h5-9,12H,3-4H2,1-2H3,(H,20,22)(H2,17,18,19,21). The lowest BCUT2D eigenvalue weighted by molar-refractivity contribution is -0.115. The molecule has 3 N–H and O–H groups in total. The van der Waals surface area contributed by atoms with Gasteiger partial charge in [0.05, 0.1) is 17.4 Å². The van der Waals surface area contributed by atoms with Crippen LogP contribution in [-0.2, 0) is 9.53 Å². The lowest BCUT2D eigenvalue weighted by Crippen LogP contribution is -2.25. The third-order valence-corrected chi connectivity index (χ3v) is 4.38. The van der Waals surface area contributed by atoms with E-state index in [9.17, 15) is 9.59 Å². The number of carbonyl (C=O) groups excluding carboxylic acids is 2. The number of anilines is 2. The third kappa shape index (κ3) is 5.42. The number of amides is 1. The molecule has 1 heterocycles. The number of ether oxygens (including phenoxy) is 1. The van der Waals surface area contributed by atoms with E-state index in [4.69, 9.17) is 10.5 Å². The maximum absolute atomic E-state index is 12.4. The van der Waals surface area contributed by atoms with Crippen LogP contribution in [0.5, 0.6) is 0 Å².